The van der Waals surface area contributed by atoms with Crippen molar-refractivity contribution in [2.45, 2.75) is 6.04 Å². The van der Waals surface area contributed by atoms with E-state index in [1.54, 1.807) is 0 Å². The number of hydrogen-bond acceptors (Lipinski definition) is 2. The van der Waals surface area contributed by atoms with Crippen LogP contribution >= 0.6 is 15.9 Å². The summed E-state index contributed by atoms with van der Waals surface area (Å²) < 4.78 is 26.6. The first-order chi connectivity index (χ1) is 6.06. The van der Waals surface area contributed by atoms with Gasteiger partial charge in [0.05, 0.1) is 0 Å². The summed E-state index contributed by atoms with van der Waals surface area (Å²) >= 11 is 2.97. The molecule has 0 aliphatic carbocycles. The highest BCUT2D eigenvalue weighted by Gasteiger charge is 2.15. The van der Waals surface area contributed by atoms with Gasteiger partial charge in [-0.2, -0.15) is 0 Å². The summed E-state index contributed by atoms with van der Waals surface area (Å²) in [6.45, 7) is 0.00940. The molecule has 0 amide bonds. The minimum absolute atomic E-state index is 0.00940. The molecule has 0 heterocycles. The van der Waals surface area contributed by atoms with Gasteiger partial charge in [-0.1, -0.05) is 15.9 Å². The van der Waals surface area contributed by atoms with E-state index in [0.29, 0.717) is 4.47 Å². The number of benzene rings is 1. The molecular weight excluding hydrogens is 242 g/mol. The lowest BCUT2D eigenvalue weighted by Gasteiger charge is -2.11. The van der Waals surface area contributed by atoms with Crippen LogP contribution in [-0.2, 0) is 0 Å². The van der Waals surface area contributed by atoms with Crippen molar-refractivity contribution in [2.24, 2.45) is 11.5 Å². The van der Waals surface area contributed by atoms with E-state index in [-0.39, 0.29) is 12.1 Å². The minimum atomic E-state index is -0.798. The third-order valence-corrected chi connectivity index (χ3v) is 2.13. The summed E-state index contributed by atoms with van der Waals surface area (Å²) in [5, 5.41) is 0. The zero-order chi connectivity index (χ0) is 10.0. The highest BCUT2D eigenvalue weighted by Crippen LogP contribution is 2.22. The van der Waals surface area contributed by atoms with Crippen LogP contribution in [0.5, 0.6) is 0 Å². The molecule has 4 N–H and O–H groups in total. The van der Waals surface area contributed by atoms with Gasteiger partial charge in [0.25, 0.3) is 0 Å². The standard InChI is InChI=1S/C8H9BrF2N2/c9-4-1-5(10)8(6(11)2-4)7(13)3-12/h1-2,7H,3,12-13H2/t7-/m0/s1. The van der Waals surface area contributed by atoms with Gasteiger partial charge in [0.15, 0.2) is 0 Å². The predicted octanol–water partition coefficient (Wildman–Crippen LogP) is 1.69. The van der Waals surface area contributed by atoms with Gasteiger partial charge in [0.1, 0.15) is 11.6 Å². The van der Waals surface area contributed by atoms with Gasteiger partial charge in [-0.05, 0) is 12.1 Å². The molecular formula is C8H9BrF2N2. The Hall–Kier alpha value is -0.520. The molecule has 0 aliphatic heterocycles. The normalized spacial score (nSPS) is 13.0. The monoisotopic (exact) mass is 250 g/mol. The zero-order valence-electron chi connectivity index (χ0n) is 6.73. The Labute approximate surface area is 83.0 Å². The average molecular weight is 251 g/mol. The Balaban J connectivity index is 3.20. The molecule has 0 fully saturated rings. The predicted molar refractivity (Wildman–Crippen MR) is 50.0 cm³/mol. The van der Waals surface area contributed by atoms with Gasteiger partial charge in [-0.25, -0.2) is 8.78 Å². The lowest BCUT2D eigenvalue weighted by molar-refractivity contribution is 0.527. The maximum absolute atomic E-state index is 13.1. The van der Waals surface area contributed by atoms with Crippen LogP contribution in [0.25, 0.3) is 0 Å². The van der Waals surface area contributed by atoms with Crippen LogP contribution in [-0.4, -0.2) is 6.54 Å². The van der Waals surface area contributed by atoms with Crippen LogP contribution in [0.15, 0.2) is 16.6 Å². The molecule has 0 saturated heterocycles. The van der Waals surface area contributed by atoms with Gasteiger partial charge in [-0.3, -0.25) is 0 Å². The number of rotatable bonds is 2. The van der Waals surface area contributed by atoms with Gasteiger partial charge < -0.3 is 11.5 Å². The fraction of sp³-hybridized carbons (Fsp3) is 0.250. The number of nitrogens with two attached hydrogens (primary N) is 2. The third-order valence-electron chi connectivity index (χ3n) is 1.67. The first-order valence-electron chi connectivity index (χ1n) is 3.66. The van der Waals surface area contributed by atoms with Crippen molar-refractivity contribution in [1.82, 2.24) is 0 Å². The molecule has 72 valence electrons. The summed E-state index contributed by atoms with van der Waals surface area (Å²) in [6, 6.07) is 1.52. The second kappa shape index (κ2) is 4.13. The molecule has 0 bridgehead atoms. The van der Waals surface area contributed by atoms with E-state index < -0.39 is 17.7 Å². The van der Waals surface area contributed by atoms with Crippen molar-refractivity contribution in [2.75, 3.05) is 6.54 Å². The Morgan fingerprint density at radius 1 is 1.31 bits per heavy atom. The zero-order valence-corrected chi connectivity index (χ0v) is 8.31. The van der Waals surface area contributed by atoms with Gasteiger partial charge in [0, 0.05) is 22.6 Å². The third kappa shape index (κ3) is 2.24. The maximum atomic E-state index is 13.1. The maximum Gasteiger partial charge on any atom is 0.132 e. The summed E-state index contributed by atoms with van der Waals surface area (Å²) in [6.07, 6.45) is 0. The van der Waals surface area contributed by atoms with E-state index >= 15 is 0 Å². The fourth-order valence-corrected chi connectivity index (χ4v) is 1.43. The Morgan fingerprint density at radius 2 is 1.77 bits per heavy atom. The largest absolute Gasteiger partial charge is 0.329 e. The summed E-state index contributed by atoms with van der Waals surface area (Å²) in [7, 11) is 0. The van der Waals surface area contributed by atoms with Crippen molar-refractivity contribution in [1.29, 1.82) is 0 Å². The molecule has 1 aromatic rings. The Morgan fingerprint density at radius 3 is 2.15 bits per heavy atom. The van der Waals surface area contributed by atoms with Crippen molar-refractivity contribution in [3.63, 3.8) is 0 Å². The van der Waals surface area contributed by atoms with E-state index in [0.717, 1.165) is 12.1 Å². The SMILES string of the molecule is NC[C@H](N)c1c(F)cc(Br)cc1F. The molecule has 1 aromatic carbocycles. The van der Waals surface area contributed by atoms with Gasteiger partial charge >= 0.3 is 0 Å². The summed E-state index contributed by atoms with van der Waals surface area (Å²) in [5.74, 6) is -1.35. The fourth-order valence-electron chi connectivity index (χ4n) is 1.03. The van der Waals surface area contributed by atoms with E-state index in [1.165, 1.54) is 0 Å². The molecule has 0 unspecified atom stereocenters. The summed E-state index contributed by atoms with van der Waals surface area (Å²) in [4.78, 5) is 0. The Kier molecular flexibility index (Phi) is 3.35. The molecule has 1 rings (SSSR count). The van der Waals surface area contributed by atoms with Crippen LogP contribution in [0.1, 0.15) is 11.6 Å². The highest BCUT2D eigenvalue weighted by atomic mass is 79.9. The first-order valence-corrected chi connectivity index (χ1v) is 4.45. The van der Waals surface area contributed by atoms with Crippen molar-refractivity contribution < 1.29 is 8.78 Å². The number of hydrogen-bond donors (Lipinski definition) is 2. The number of halogens is 3. The lowest BCUT2D eigenvalue weighted by atomic mass is 10.1. The second-order valence-corrected chi connectivity index (χ2v) is 3.54. The van der Waals surface area contributed by atoms with Gasteiger partial charge in [0.2, 0.25) is 0 Å². The molecule has 13 heavy (non-hydrogen) atoms. The smallest absolute Gasteiger partial charge is 0.132 e. The molecule has 0 radical (unpaired) electrons. The lowest BCUT2D eigenvalue weighted by Crippen LogP contribution is -2.23. The van der Waals surface area contributed by atoms with Crippen LogP contribution < -0.4 is 11.5 Å². The molecule has 0 aliphatic rings. The summed E-state index contributed by atoms with van der Waals surface area (Å²) in [5.41, 5.74) is 10.5. The molecule has 0 spiro atoms. The van der Waals surface area contributed by atoms with Crippen molar-refractivity contribution in [3.8, 4) is 0 Å². The molecule has 2 nitrogen and oxygen atoms in total. The van der Waals surface area contributed by atoms with Crippen molar-refractivity contribution >= 4 is 15.9 Å². The van der Waals surface area contributed by atoms with Crippen LogP contribution in [0.2, 0.25) is 0 Å². The second-order valence-electron chi connectivity index (χ2n) is 2.63. The van der Waals surface area contributed by atoms with E-state index in [1.807, 2.05) is 0 Å². The Bertz CT molecular complexity index is 294. The molecule has 5 heteroatoms. The van der Waals surface area contributed by atoms with Gasteiger partial charge in [-0.15, -0.1) is 0 Å². The van der Waals surface area contributed by atoms with Crippen LogP contribution in [0, 0.1) is 11.6 Å². The molecule has 0 aromatic heterocycles. The van der Waals surface area contributed by atoms with Crippen LogP contribution in [0.4, 0.5) is 8.78 Å². The minimum Gasteiger partial charge on any atom is -0.329 e. The van der Waals surface area contributed by atoms with Crippen LogP contribution in [0.3, 0.4) is 0 Å². The van der Waals surface area contributed by atoms with E-state index in [4.69, 9.17) is 11.5 Å². The molecule has 0 saturated carbocycles. The van der Waals surface area contributed by atoms with E-state index in [9.17, 15) is 8.78 Å². The quantitative estimate of drug-likeness (QED) is 0.840. The highest BCUT2D eigenvalue weighted by molar-refractivity contribution is 9.10. The molecule has 1 atom stereocenters. The average Bonchev–Trinajstić information content (AvgIpc) is 2.02. The first kappa shape index (κ1) is 10.6. The van der Waals surface area contributed by atoms with E-state index in [2.05, 4.69) is 15.9 Å². The topological polar surface area (TPSA) is 52.0 Å². The van der Waals surface area contributed by atoms with Crippen molar-refractivity contribution in [3.05, 3.63) is 33.8 Å².